The fraction of sp³-hybridized carbons (Fsp3) is 0.375. The highest BCUT2D eigenvalue weighted by Gasteiger charge is 2.40. The molecule has 5 rings (SSSR count). The molecule has 3 aromatic rings. The smallest absolute Gasteiger partial charge is 0.146 e. The van der Waals surface area contributed by atoms with Crippen LogP contribution in [0, 0.1) is 17.2 Å². The summed E-state index contributed by atoms with van der Waals surface area (Å²) in [7, 11) is 0. The first kappa shape index (κ1) is 24.1. The van der Waals surface area contributed by atoms with Gasteiger partial charge in [0.15, 0.2) is 0 Å². The Kier molecular flexibility index (Phi) is 7.37. The van der Waals surface area contributed by atoms with Gasteiger partial charge in [0.05, 0.1) is 18.2 Å². The fourth-order valence-corrected chi connectivity index (χ4v) is 5.75. The second-order valence-corrected chi connectivity index (χ2v) is 10.3. The van der Waals surface area contributed by atoms with Gasteiger partial charge in [-0.15, -0.1) is 0 Å². The van der Waals surface area contributed by atoms with Crippen molar-refractivity contribution in [2.75, 3.05) is 11.4 Å². The quantitative estimate of drug-likeness (QED) is 0.357. The molecule has 4 nitrogen and oxygen atoms in total. The molecule has 4 heteroatoms. The van der Waals surface area contributed by atoms with Gasteiger partial charge in [-0.2, -0.15) is 5.26 Å². The van der Waals surface area contributed by atoms with E-state index in [4.69, 9.17) is 10.00 Å². The first-order valence-electron chi connectivity index (χ1n) is 13.2. The van der Waals surface area contributed by atoms with Gasteiger partial charge in [-0.1, -0.05) is 66.7 Å². The van der Waals surface area contributed by atoms with Crippen molar-refractivity contribution in [1.82, 2.24) is 0 Å². The predicted molar refractivity (Wildman–Crippen MR) is 144 cm³/mol. The summed E-state index contributed by atoms with van der Waals surface area (Å²) in [4.78, 5) is 14.3. The van der Waals surface area contributed by atoms with Crippen molar-refractivity contribution in [3.8, 4) is 22.9 Å². The molecule has 1 fully saturated rings. The third-order valence-electron chi connectivity index (χ3n) is 7.93. The molecule has 3 aromatic carbocycles. The summed E-state index contributed by atoms with van der Waals surface area (Å²) in [6, 6.07) is 29.9. The lowest BCUT2D eigenvalue weighted by Crippen LogP contribution is -2.41. The van der Waals surface area contributed by atoms with Gasteiger partial charge in [0.25, 0.3) is 0 Å². The third-order valence-corrected chi connectivity index (χ3v) is 7.93. The number of nitriles is 1. The number of Topliss-reactive ketones (excluding diaryl/α,β-unsaturated/α-hetero) is 1. The average molecular weight is 479 g/mol. The molecule has 1 spiro atoms. The van der Waals surface area contributed by atoms with Gasteiger partial charge in [0, 0.05) is 25.9 Å². The van der Waals surface area contributed by atoms with Crippen LogP contribution in [0.3, 0.4) is 0 Å². The molecule has 0 amide bonds. The summed E-state index contributed by atoms with van der Waals surface area (Å²) in [6.07, 6.45) is 6.71. The molecule has 184 valence electrons. The summed E-state index contributed by atoms with van der Waals surface area (Å²) in [6.45, 7) is 1.82. The van der Waals surface area contributed by atoms with Crippen LogP contribution in [0.1, 0.15) is 56.9 Å². The molecule has 1 aliphatic carbocycles. The summed E-state index contributed by atoms with van der Waals surface area (Å²) in [5, 5.41) is 8.73. The van der Waals surface area contributed by atoms with Gasteiger partial charge in [-0.3, -0.25) is 4.79 Å². The zero-order valence-corrected chi connectivity index (χ0v) is 20.9. The molecule has 0 N–H and O–H groups in total. The maximum absolute atomic E-state index is 11.8. The molecular weight excluding hydrogens is 444 g/mol. The van der Waals surface area contributed by atoms with Gasteiger partial charge < -0.3 is 9.64 Å². The zero-order chi connectivity index (χ0) is 24.8. The van der Waals surface area contributed by atoms with Gasteiger partial charge in [0.1, 0.15) is 17.1 Å². The molecule has 0 bridgehead atoms. The molecule has 0 saturated heterocycles. The van der Waals surface area contributed by atoms with Crippen LogP contribution in [0.2, 0.25) is 0 Å². The van der Waals surface area contributed by atoms with Gasteiger partial charge in [-0.05, 0) is 66.8 Å². The lowest BCUT2D eigenvalue weighted by Gasteiger charge is -2.39. The van der Waals surface area contributed by atoms with E-state index in [1.54, 1.807) is 0 Å². The lowest BCUT2D eigenvalue weighted by molar-refractivity contribution is -0.118. The normalized spacial score (nSPS) is 21.2. The van der Waals surface area contributed by atoms with Gasteiger partial charge in [-0.25, -0.2) is 0 Å². The van der Waals surface area contributed by atoms with E-state index in [1.165, 1.54) is 22.4 Å². The van der Waals surface area contributed by atoms with Crippen LogP contribution >= 0.6 is 0 Å². The van der Waals surface area contributed by atoms with Crippen LogP contribution in [0.5, 0.6) is 5.75 Å². The van der Waals surface area contributed by atoms with Crippen LogP contribution in [0.25, 0.3) is 11.1 Å². The first-order chi connectivity index (χ1) is 17.6. The van der Waals surface area contributed by atoms with E-state index in [9.17, 15) is 4.79 Å². The average Bonchev–Trinajstić information content (AvgIpc) is 3.06. The third kappa shape index (κ3) is 5.62. The molecule has 0 radical (unpaired) electrons. The van der Waals surface area contributed by atoms with E-state index in [2.05, 4.69) is 77.7 Å². The molecule has 2 aliphatic rings. The number of carbonyl (C=O) groups is 1. The Bertz CT molecular complexity index is 1200. The number of benzene rings is 3. The van der Waals surface area contributed by atoms with Crippen molar-refractivity contribution in [1.29, 1.82) is 5.26 Å². The topological polar surface area (TPSA) is 53.3 Å². The van der Waals surface area contributed by atoms with Crippen molar-refractivity contribution in [3.05, 3.63) is 84.4 Å². The number of hydrogen-bond acceptors (Lipinski definition) is 4. The molecule has 1 saturated carbocycles. The Labute approximate surface area is 214 Å². The number of nitrogens with zero attached hydrogens (tertiary/aromatic N) is 2. The predicted octanol–water partition coefficient (Wildman–Crippen LogP) is 7.33. The Hall–Kier alpha value is -3.58. The van der Waals surface area contributed by atoms with E-state index >= 15 is 0 Å². The van der Waals surface area contributed by atoms with E-state index in [1.807, 2.05) is 12.1 Å². The van der Waals surface area contributed by atoms with Gasteiger partial charge >= 0.3 is 0 Å². The highest BCUT2D eigenvalue weighted by molar-refractivity contribution is 5.80. The van der Waals surface area contributed by atoms with Crippen LogP contribution in [0.4, 0.5) is 5.69 Å². The number of fused-ring (bicyclic) bond motifs is 1. The minimum atomic E-state index is -0.130. The van der Waals surface area contributed by atoms with Crippen molar-refractivity contribution < 1.29 is 9.53 Å². The van der Waals surface area contributed by atoms with E-state index in [-0.39, 0.29) is 17.8 Å². The largest absolute Gasteiger partial charge is 0.485 e. The number of anilines is 1. The van der Waals surface area contributed by atoms with Crippen LogP contribution in [-0.2, 0) is 11.3 Å². The summed E-state index contributed by atoms with van der Waals surface area (Å²) < 4.78 is 6.79. The van der Waals surface area contributed by atoms with E-state index in [0.717, 1.165) is 57.4 Å². The Morgan fingerprint density at radius 1 is 0.917 bits per heavy atom. The van der Waals surface area contributed by atoms with Crippen molar-refractivity contribution in [3.63, 3.8) is 0 Å². The Balaban J connectivity index is 1.25. The molecule has 0 unspecified atom stereocenters. The Morgan fingerprint density at radius 2 is 1.61 bits per heavy atom. The SMILES string of the molecule is N#CCC(=O)CCC1CCC2(CC1)CCN(Cc1ccc(-c3ccccc3)cc1)c1ccccc1O2. The van der Waals surface area contributed by atoms with E-state index in [0.29, 0.717) is 12.3 Å². The highest BCUT2D eigenvalue weighted by atomic mass is 16.5. The molecule has 1 heterocycles. The maximum atomic E-state index is 11.8. The van der Waals surface area contributed by atoms with Crippen LogP contribution in [-0.4, -0.2) is 17.9 Å². The number of ether oxygens (including phenoxy) is 1. The Morgan fingerprint density at radius 3 is 2.36 bits per heavy atom. The number of para-hydroxylation sites is 2. The monoisotopic (exact) mass is 478 g/mol. The minimum Gasteiger partial charge on any atom is -0.485 e. The van der Waals surface area contributed by atoms with Crippen molar-refractivity contribution >= 4 is 11.5 Å². The molecule has 0 aromatic heterocycles. The highest BCUT2D eigenvalue weighted by Crippen LogP contribution is 2.44. The minimum absolute atomic E-state index is 0.0430. The first-order valence-corrected chi connectivity index (χ1v) is 13.2. The molecule has 0 atom stereocenters. The van der Waals surface area contributed by atoms with Crippen LogP contribution < -0.4 is 9.64 Å². The van der Waals surface area contributed by atoms with Crippen molar-refractivity contribution in [2.45, 2.75) is 63.5 Å². The number of carbonyl (C=O) groups excluding carboxylic acids is 1. The number of rotatable bonds is 7. The second kappa shape index (κ2) is 11.0. The zero-order valence-electron chi connectivity index (χ0n) is 20.9. The van der Waals surface area contributed by atoms with Crippen molar-refractivity contribution in [2.24, 2.45) is 5.92 Å². The number of hydrogen-bond donors (Lipinski definition) is 0. The van der Waals surface area contributed by atoms with Gasteiger partial charge in [0.2, 0.25) is 0 Å². The van der Waals surface area contributed by atoms with Crippen LogP contribution in [0.15, 0.2) is 78.9 Å². The molecule has 1 aliphatic heterocycles. The second-order valence-electron chi connectivity index (χ2n) is 10.3. The molecular formula is C32H34N2O2. The van der Waals surface area contributed by atoms with E-state index < -0.39 is 0 Å². The number of ketones is 1. The summed E-state index contributed by atoms with van der Waals surface area (Å²) in [5.74, 6) is 1.61. The summed E-state index contributed by atoms with van der Waals surface area (Å²) >= 11 is 0. The molecule has 36 heavy (non-hydrogen) atoms. The fourth-order valence-electron chi connectivity index (χ4n) is 5.75. The standard InChI is InChI=1S/C32H34N2O2/c33-22-18-29(35)15-12-25-16-19-32(20-17-25)21-23-34(30-8-4-5-9-31(30)36-32)24-26-10-13-28(14-11-26)27-6-2-1-3-7-27/h1-11,13-14,25H,12,15-21,23-24H2. The lowest BCUT2D eigenvalue weighted by atomic mass is 9.75. The summed E-state index contributed by atoms with van der Waals surface area (Å²) in [5.41, 5.74) is 4.82. The maximum Gasteiger partial charge on any atom is 0.146 e.